The lowest BCUT2D eigenvalue weighted by Gasteiger charge is -2.11. The maximum Gasteiger partial charge on any atom is 0.124 e. The zero-order chi connectivity index (χ0) is 23.1. The van der Waals surface area contributed by atoms with Gasteiger partial charge in [-0.2, -0.15) is 10.5 Å². The molecule has 0 heterocycles. The summed E-state index contributed by atoms with van der Waals surface area (Å²) in [4.78, 5) is 10.7. The van der Waals surface area contributed by atoms with E-state index in [0.717, 1.165) is 59.8 Å². The Bertz CT molecular complexity index is 1170. The lowest BCUT2D eigenvalue weighted by Crippen LogP contribution is -2.00. The number of nitrogens with zero attached hydrogens (tertiary/aromatic N) is 2. The first-order chi connectivity index (χ1) is 15.5. The standard InChI is InChI=1S/C14H15NO.C14H13NO.2CH4/c2*1-10-2-3-11-4-5-12(6-8-15)14(11)13(10)7-9-16;;/h2-3,6,16H,4-5,7,9H2,1H3;2-3,6,9H,4-5,7H2,1H3;2*1H4/b2*12-6+;;. The number of carbonyl (C=O) groups excluding carboxylic acids is 1. The average molecular weight is 457 g/mol. The molecule has 2 aliphatic rings. The van der Waals surface area contributed by atoms with E-state index in [9.17, 15) is 4.79 Å². The number of benzene rings is 2. The number of nitriles is 2. The zero-order valence-corrected chi connectivity index (χ0v) is 18.7. The first kappa shape index (κ1) is 28.6. The van der Waals surface area contributed by atoms with Crippen molar-refractivity contribution in [2.75, 3.05) is 6.61 Å². The van der Waals surface area contributed by atoms with E-state index >= 15 is 0 Å². The van der Waals surface area contributed by atoms with Crippen molar-refractivity contribution in [1.29, 1.82) is 10.5 Å². The molecule has 0 amide bonds. The van der Waals surface area contributed by atoms with Gasteiger partial charge < -0.3 is 9.90 Å². The van der Waals surface area contributed by atoms with Gasteiger partial charge in [-0.05, 0) is 102 Å². The van der Waals surface area contributed by atoms with Gasteiger partial charge in [-0.15, -0.1) is 0 Å². The van der Waals surface area contributed by atoms with Crippen LogP contribution in [0.25, 0.3) is 11.1 Å². The number of carbonyl (C=O) groups is 1. The molecule has 4 rings (SSSR count). The third-order valence-electron chi connectivity index (χ3n) is 6.36. The van der Waals surface area contributed by atoms with Gasteiger partial charge in [0.1, 0.15) is 6.29 Å². The molecule has 178 valence electrons. The number of aldehydes is 1. The minimum absolute atomic E-state index is 0. The van der Waals surface area contributed by atoms with E-state index in [0.29, 0.717) is 12.8 Å². The normalized spacial score (nSPS) is 15.1. The Hall–Kier alpha value is -3.47. The van der Waals surface area contributed by atoms with Gasteiger partial charge in [0, 0.05) is 25.2 Å². The lowest BCUT2D eigenvalue weighted by molar-refractivity contribution is -0.107. The average Bonchev–Trinajstić information content (AvgIpc) is 3.38. The Morgan fingerprint density at radius 3 is 1.74 bits per heavy atom. The van der Waals surface area contributed by atoms with E-state index < -0.39 is 0 Å². The first-order valence-electron chi connectivity index (χ1n) is 11.0. The van der Waals surface area contributed by atoms with Crippen molar-refractivity contribution in [1.82, 2.24) is 0 Å². The summed E-state index contributed by atoms with van der Waals surface area (Å²) in [6, 6.07) is 12.6. The summed E-state index contributed by atoms with van der Waals surface area (Å²) in [6.45, 7) is 4.24. The molecule has 0 saturated heterocycles. The SMILES string of the molecule is C.C.Cc1ccc2c(c1CC=O)/C(=C/C#N)CC2.Cc1ccc2c(c1CCO)/C(=C/C#N)CC2. The van der Waals surface area contributed by atoms with E-state index in [1.807, 2.05) is 6.92 Å². The van der Waals surface area contributed by atoms with E-state index in [1.165, 1.54) is 27.8 Å². The first-order valence-corrected chi connectivity index (χ1v) is 11.0. The molecule has 0 atom stereocenters. The second kappa shape index (κ2) is 13.3. The molecule has 4 heteroatoms. The number of aryl methyl sites for hydroxylation is 4. The fourth-order valence-electron chi connectivity index (χ4n) is 4.83. The van der Waals surface area contributed by atoms with E-state index in [1.54, 1.807) is 12.2 Å². The molecule has 0 aliphatic heterocycles. The maximum absolute atomic E-state index is 10.7. The van der Waals surface area contributed by atoms with Crippen molar-refractivity contribution in [2.45, 2.75) is 67.2 Å². The minimum Gasteiger partial charge on any atom is -0.396 e. The summed E-state index contributed by atoms with van der Waals surface area (Å²) in [6.07, 6.45) is 9.17. The molecular weight excluding hydrogens is 420 g/mol. The zero-order valence-electron chi connectivity index (χ0n) is 18.7. The largest absolute Gasteiger partial charge is 0.396 e. The van der Waals surface area contributed by atoms with Gasteiger partial charge in [0.2, 0.25) is 0 Å². The smallest absolute Gasteiger partial charge is 0.124 e. The van der Waals surface area contributed by atoms with E-state index in [4.69, 9.17) is 15.6 Å². The third-order valence-corrected chi connectivity index (χ3v) is 6.36. The van der Waals surface area contributed by atoms with Crippen LogP contribution in [0.3, 0.4) is 0 Å². The fourth-order valence-corrected chi connectivity index (χ4v) is 4.83. The Balaban J connectivity index is 0.000000321. The van der Waals surface area contributed by atoms with Crippen molar-refractivity contribution >= 4 is 17.4 Å². The molecule has 0 fully saturated rings. The van der Waals surface area contributed by atoms with Crippen LogP contribution in [0.4, 0.5) is 0 Å². The van der Waals surface area contributed by atoms with Crippen molar-refractivity contribution in [2.24, 2.45) is 0 Å². The molecule has 2 aromatic rings. The van der Waals surface area contributed by atoms with Crippen LogP contribution in [-0.2, 0) is 30.5 Å². The molecule has 0 radical (unpaired) electrons. The second-order valence-corrected chi connectivity index (χ2v) is 8.23. The van der Waals surface area contributed by atoms with Crippen LogP contribution in [0.15, 0.2) is 36.4 Å². The number of aliphatic hydroxyl groups excluding tert-OH is 1. The Labute approximate surface area is 204 Å². The predicted molar refractivity (Wildman–Crippen MR) is 140 cm³/mol. The third kappa shape index (κ3) is 5.90. The van der Waals surface area contributed by atoms with Gasteiger partial charge in [-0.3, -0.25) is 0 Å². The maximum atomic E-state index is 10.7. The molecule has 0 saturated carbocycles. The Morgan fingerprint density at radius 1 is 0.824 bits per heavy atom. The highest BCUT2D eigenvalue weighted by molar-refractivity contribution is 5.79. The van der Waals surface area contributed by atoms with Crippen molar-refractivity contribution in [3.05, 3.63) is 80.9 Å². The van der Waals surface area contributed by atoms with Crippen LogP contribution in [0, 0.1) is 36.5 Å². The van der Waals surface area contributed by atoms with Gasteiger partial charge in [-0.1, -0.05) is 39.1 Å². The second-order valence-electron chi connectivity index (χ2n) is 8.23. The van der Waals surface area contributed by atoms with Crippen LogP contribution in [0.2, 0.25) is 0 Å². The molecule has 2 aromatic carbocycles. The molecule has 34 heavy (non-hydrogen) atoms. The molecule has 2 aliphatic carbocycles. The quantitative estimate of drug-likeness (QED) is 0.435. The van der Waals surface area contributed by atoms with Crippen LogP contribution in [0.1, 0.15) is 72.2 Å². The van der Waals surface area contributed by atoms with Gasteiger partial charge in [0.15, 0.2) is 0 Å². The van der Waals surface area contributed by atoms with Crippen molar-refractivity contribution < 1.29 is 9.90 Å². The van der Waals surface area contributed by atoms with Gasteiger partial charge in [0.25, 0.3) is 0 Å². The van der Waals surface area contributed by atoms with Gasteiger partial charge >= 0.3 is 0 Å². The highest BCUT2D eigenvalue weighted by Crippen LogP contribution is 2.37. The monoisotopic (exact) mass is 456 g/mol. The topological polar surface area (TPSA) is 84.9 Å². The minimum atomic E-state index is 0. The van der Waals surface area contributed by atoms with Crippen molar-refractivity contribution in [3.8, 4) is 12.1 Å². The van der Waals surface area contributed by atoms with Crippen LogP contribution < -0.4 is 0 Å². The summed E-state index contributed by atoms with van der Waals surface area (Å²) in [5.74, 6) is 0. The molecule has 0 unspecified atom stereocenters. The summed E-state index contributed by atoms with van der Waals surface area (Å²) in [5, 5.41) is 26.6. The van der Waals surface area contributed by atoms with Crippen LogP contribution in [0.5, 0.6) is 0 Å². The molecule has 0 bridgehead atoms. The number of hydrogen-bond donors (Lipinski definition) is 1. The van der Waals surface area contributed by atoms with Gasteiger partial charge in [0.05, 0.1) is 12.1 Å². The van der Waals surface area contributed by atoms with Crippen LogP contribution >= 0.6 is 0 Å². The number of allylic oxidation sites excluding steroid dienone is 4. The van der Waals surface area contributed by atoms with E-state index in [-0.39, 0.29) is 21.5 Å². The summed E-state index contributed by atoms with van der Waals surface area (Å²) in [5.41, 5.74) is 11.8. The number of aliphatic hydroxyl groups is 1. The highest BCUT2D eigenvalue weighted by atomic mass is 16.3. The summed E-state index contributed by atoms with van der Waals surface area (Å²) >= 11 is 0. The lowest BCUT2D eigenvalue weighted by atomic mass is 9.94. The molecular formula is C30H36N2O2. The summed E-state index contributed by atoms with van der Waals surface area (Å²) < 4.78 is 0. The van der Waals surface area contributed by atoms with Gasteiger partial charge in [-0.25, -0.2) is 0 Å². The Morgan fingerprint density at radius 2 is 1.29 bits per heavy atom. The Kier molecular flexibility index (Phi) is 11.2. The van der Waals surface area contributed by atoms with Crippen molar-refractivity contribution in [3.63, 3.8) is 0 Å². The van der Waals surface area contributed by atoms with Crippen LogP contribution in [-0.4, -0.2) is 18.0 Å². The number of hydrogen-bond acceptors (Lipinski definition) is 4. The molecule has 1 N–H and O–H groups in total. The van der Waals surface area contributed by atoms with E-state index in [2.05, 4.69) is 43.3 Å². The molecule has 4 nitrogen and oxygen atoms in total. The molecule has 0 aromatic heterocycles. The number of rotatable bonds is 4. The fraction of sp³-hybridized carbons (Fsp3) is 0.367. The highest BCUT2D eigenvalue weighted by Gasteiger charge is 2.21. The summed E-state index contributed by atoms with van der Waals surface area (Å²) in [7, 11) is 0. The molecule has 0 spiro atoms. The number of fused-ring (bicyclic) bond motifs is 2. The predicted octanol–water partition coefficient (Wildman–Crippen LogP) is 6.24.